The number of carbonyl (C=O) groups excluding carboxylic acids is 1. The van der Waals surface area contributed by atoms with E-state index in [4.69, 9.17) is 10.5 Å². The van der Waals surface area contributed by atoms with E-state index in [1.807, 2.05) is 7.05 Å². The van der Waals surface area contributed by atoms with Crippen LogP contribution in [-0.4, -0.2) is 37.6 Å². The number of rotatable bonds is 7. The fourth-order valence-corrected chi connectivity index (χ4v) is 2.01. The molecule has 3 N–H and O–H groups in total. The monoisotopic (exact) mass is 293 g/mol. The summed E-state index contributed by atoms with van der Waals surface area (Å²) in [5.41, 5.74) is 6.95. The van der Waals surface area contributed by atoms with E-state index in [2.05, 4.69) is 31.0 Å². The van der Waals surface area contributed by atoms with E-state index >= 15 is 0 Å². The van der Waals surface area contributed by atoms with E-state index in [0.29, 0.717) is 35.5 Å². The molecule has 0 aromatic heterocycles. The number of carbonyl (C=O) groups is 1. The largest absolute Gasteiger partial charge is 0.494 e. The Morgan fingerprint density at radius 1 is 1.38 bits per heavy atom. The first-order valence-corrected chi connectivity index (χ1v) is 7.28. The van der Waals surface area contributed by atoms with Crippen LogP contribution in [0.15, 0.2) is 18.2 Å². The molecule has 0 aliphatic rings. The van der Waals surface area contributed by atoms with E-state index in [0.717, 1.165) is 6.54 Å². The predicted octanol–water partition coefficient (Wildman–Crippen LogP) is 2.58. The molecule has 1 atom stereocenters. The first kappa shape index (κ1) is 17.3. The van der Waals surface area contributed by atoms with Crippen LogP contribution in [0.4, 0.5) is 11.4 Å². The summed E-state index contributed by atoms with van der Waals surface area (Å²) in [7, 11) is 3.60. The van der Waals surface area contributed by atoms with Gasteiger partial charge in [0.05, 0.1) is 12.8 Å². The summed E-state index contributed by atoms with van der Waals surface area (Å²) < 4.78 is 5.22. The van der Waals surface area contributed by atoms with Gasteiger partial charge in [-0.1, -0.05) is 13.8 Å². The molecule has 0 spiro atoms. The Kier molecular flexibility index (Phi) is 6.49. The number of benzene rings is 1. The molecule has 5 nitrogen and oxygen atoms in total. The van der Waals surface area contributed by atoms with Crippen LogP contribution in [-0.2, 0) is 4.79 Å². The number of ether oxygens (including phenoxy) is 1. The van der Waals surface area contributed by atoms with Crippen molar-refractivity contribution < 1.29 is 9.53 Å². The molecular formula is C16H27N3O2. The number of anilines is 2. The molecule has 5 heteroatoms. The Morgan fingerprint density at radius 3 is 2.62 bits per heavy atom. The highest BCUT2D eigenvalue weighted by Gasteiger charge is 2.14. The van der Waals surface area contributed by atoms with Crippen LogP contribution in [0, 0.1) is 5.92 Å². The Labute approximate surface area is 127 Å². The van der Waals surface area contributed by atoms with Crippen LogP contribution in [0.5, 0.6) is 5.75 Å². The maximum Gasteiger partial charge on any atom is 0.225 e. The van der Waals surface area contributed by atoms with Gasteiger partial charge < -0.3 is 20.7 Å². The number of nitrogens with two attached hydrogens (primary N) is 1. The standard InChI is InChI=1S/C16H27N3O2/c1-11(2)12(3)19(4)9-8-16(20)18-14-7-6-13(17)10-15(14)21-5/h6-7,10-12H,8-9,17H2,1-5H3,(H,18,20). The van der Waals surface area contributed by atoms with Crippen LogP contribution in [0.25, 0.3) is 0 Å². The van der Waals surface area contributed by atoms with Crippen molar-refractivity contribution in [3.8, 4) is 5.75 Å². The van der Waals surface area contributed by atoms with Crippen LogP contribution in [0.2, 0.25) is 0 Å². The quantitative estimate of drug-likeness (QED) is 0.758. The van der Waals surface area contributed by atoms with Gasteiger partial charge in [-0.3, -0.25) is 4.79 Å². The Hall–Kier alpha value is -1.75. The van der Waals surface area contributed by atoms with Gasteiger partial charge in [0.1, 0.15) is 5.75 Å². The van der Waals surface area contributed by atoms with Gasteiger partial charge in [0.2, 0.25) is 5.91 Å². The number of nitrogens with one attached hydrogen (secondary N) is 1. The maximum atomic E-state index is 12.0. The SMILES string of the molecule is COc1cc(N)ccc1NC(=O)CCN(C)C(C)C(C)C. The maximum absolute atomic E-state index is 12.0. The number of amides is 1. The molecule has 21 heavy (non-hydrogen) atoms. The molecule has 1 amide bonds. The van der Waals surface area contributed by atoms with Gasteiger partial charge in [0, 0.05) is 30.8 Å². The molecule has 1 rings (SSSR count). The van der Waals surface area contributed by atoms with Crippen molar-refractivity contribution >= 4 is 17.3 Å². The molecule has 1 aromatic rings. The third-order valence-corrected chi connectivity index (χ3v) is 3.85. The second kappa shape index (κ2) is 7.88. The molecule has 1 unspecified atom stereocenters. The average molecular weight is 293 g/mol. The van der Waals surface area contributed by atoms with Crippen molar-refractivity contribution in [2.75, 3.05) is 31.8 Å². The van der Waals surface area contributed by atoms with Gasteiger partial charge >= 0.3 is 0 Å². The number of methoxy groups -OCH3 is 1. The van der Waals surface area contributed by atoms with Crippen LogP contribution >= 0.6 is 0 Å². The number of nitrogen functional groups attached to an aromatic ring is 1. The Bertz CT molecular complexity index is 475. The smallest absolute Gasteiger partial charge is 0.225 e. The highest BCUT2D eigenvalue weighted by Crippen LogP contribution is 2.26. The third kappa shape index (κ3) is 5.27. The summed E-state index contributed by atoms with van der Waals surface area (Å²) in [5.74, 6) is 1.11. The summed E-state index contributed by atoms with van der Waals surface area (Å²) in [6, 6.07) is 5.64. The van der Waals surface area contributed by atoms with E-state index < -0.39 is 0 Å². The fraction of sp³-hybridized carbons (Fsp3) is 0.562. The summed E-state index contributed by atoms with van der Waals surface area (Å²) in [6.07, 6.45) is 0.446. The minimum atomic E-state index is -0.0270. The van der Waals surface area contributed by atoms with Gasteiger partial charge in [-0.05, 0) is 32.0 Å². The molecule has 0 aliphatic heterocycles. The van der Waals surface area contributed by atoms with Crippen molar-refractivity contribution in [2.45, 2.75) is 33.2 Å². The zero-order valence-corrected chi connectivity index (χ0v) is 13.6. The third-order valence-electron chi connectivity index (χ3n) is 3.85. The lowest BCUT2D eigenvalue weighted by Crippen LogP contribution is -2.35. The Morgan fingerprint density at radius 2 is 2.05 bits per heavy atom. The summed E-state index contributed by atoms with van der Waals surface area (Å²) in [6.45, 7) is 7.26. The van der Waals surface area contributed by atoms with Gasteiger partial charge in [-0.15, -0.1) is 0 Å². The van der Waals surface area contributed by atoms with E-state index in [1.165, 1.54) is 0 Å². The van der Waals surface area contributed by atoms with Gasteiger partial charge in [-0.25, -0.2) is 0 Å². The molecule has 0 bridgehead atoms. The molecule has 0 aliphatic carbocycles. The lowest BCUT2D eigenvalue weighted by atomic mass is 10.1. The second-order valence-corrected chi connectivity index (χ2v) is 5.72. The molecule has 118 valence electrons. The van der Waals surface area contributed by atoms with Crippen LogP contribution < -0.4 is 15.8 Å². The number of nitrogens with zero attached hydrogens (tertiary/aromatic N) is 1. The minimum Gasteiger partial charge on any atom is -0.494 e. The first-order chi connectivity index (χ1) is 9.85. The molecule has 0 saturated heterocycles. The highest BCUT2D eigenvalue weighted by molar-refractivity contribution is 5.92. The zero-order valence-electron chi connectivity index (χ0n) is 13.6. The summed E-state index contributed by atoms with van der Waals surface area (Å²) >= 11 is 0. The molecule has 0 fully saturated rings. The van der Waals surface area contributed by atoms with E-state index in [-0.39, 0.29) is 5.91 Å². The topological polar surface area (TPSA) is 67.6 Å². The highest BCUT2D eigenvalue weighted by atomic mass is 16.5. The lowest BCUT2D eigenvalue weighted by Gasteiger charge is -2.27. The van der Waals surface area contributed by atoms with Crippen molar-refractivity contribution in [3.05, 3.63) is 18.2 Å². The molecule has 0 saturated carbocycles. The predicted molar refractivity (Wildman–Crippen MR) is 87.6 cm³/mol. The van der Waals surface area contributed by atoms with Crippen molar-refractivity contribution in [3.63, 3.8) is 0 Å². The molecule has 0 heterocycles. The van der Waals surface area contributed by atoms with Gasteiger partial charge in [0.25, 0.3) is 0 Å². The summed E-state index contributed by atoms with van der Waals surface area (Å²) in [5, 5.41) is 2.87. The van der Waals surface area contributed by atoms with E-state index in [1.54, 1.807) is 25.3 Å². The Balaban J connectivity index is 2.55. The molecule has 1 aromatic carbocycles. The normalized spacial score (nSPS) is 12.5. The second-order valence-electron chi connectivity index (χ2n) is 5.72. The van der Waals surface area contributed by atoms with Crippen molar-refractivity contribution in [2.24, 2.45) is 5.92 Å². The zero-order chi connectivity index (χ0) is 16.0. The minimum absolute atomic E-state index is 0.0270. The molecule has 0 radical (unpaired) electrons. The lowest BCUT2D eigenvalue weighted by molar-refractivity contribution is -0.116. The number of hydrogen-bond donors (Lipinski definition) is 2. The average Bonchev–Trinajstić information content (AvgIpc) is 2.45. The van der Waals surface area contributed by atoms with Gasteiger partial charge in [0.15, 0.2) is 0 Å². The summed E-state index contributed by atoms with van der Waals surface area (Å²) in [4.78, 5) is 14.2. The van der Waals surface area contributed by atoms with Crippen molar-refractivity contribution in [1.29, 1.82) is 0 Å². The van der Waals surface area contributed by atoms with E-state index in [9.17, 15) is 4.79 Å². The number of hydrogen-bond acceptors (Lipinski definition) is 4. The fourth-order valence-electron chi connectivity index (χ4n) is 2.01. The van der Waals surface area contributed by atoms with Crippen LogP contribution in [0.1, 0.15) is 27.2 Å². The van der Waals surface area contributed by atoms with Crippen LogP contribution in [0.3, 0.4) is 0 Å². The molecular weight excluding hydrogens is 266 g/mol. The van der Waals surface area contributed by atoms with Gasteiger partial charge in [-0.2, -0.15) is 0 Å². The van der Waals surface area contributed by atoms with Crippen molar-refractivity contribution in [1.82, 2.24) is 4.90 Å². The first-order valence-electron chi connectivity index (χ1n) is 7.28.